The molecule has 0 aliphatic carbocycles. The van der Waals surface area contributed by atoms with Gasteiger partial charge in [0.15, 0.2) is 0 Å². The molecular formula is C13H20FN. The maximum Gasteiger partial charge on any atom is 0.123 e. The van der Waals surface area contributed by atoms with Gasteiger partial charge in [0.05, 0.1) is 0 Å². The molecule has 1 aromatic rings. The molecule has 1 aromatic carbocycles. The highest BCUT2D eigenvalue weighted by Gasteiger charge is 1.96. The molecule has 0 saturated carbocycles. The number of aryl methyl sites for hydroxylation is 1. The van der Waals surface area contributed by atoms with Gasteiger partial charge in [-0.1, -0.05) is 26.0 Å². The second kappa shape index (κ2) is 6.57. The lowest BCUT2D eigenvalue weighted by molar-refractivity contribution is 0.557. The van der Waals surface area contributed by atoms with Crippen molar-refractivity contribution in [1.82, 2.24) is 5.32 Å². The van der Waals surface area contributed by atoms with E-state index >= 15 is 0 Å². The van der Waals surface area contributed by atoms with Gasteiger partial charge in [-0.3, -0.25) is 0 Å². The van der Waals surface area contributed by atoms with Gasteiger partial charge in [0.25, 0.3) is 0 Å². The molecule has 84 valence electrons. The molecule has 1 N–H and O–H groups in total. The maximum atomic E-state index is 12.8. The van der Waals surface area contributed by atoms with E-state index in [0.29, 0.717) is 6.04 Å². The number of unbranched alkanes of at least 4 members (excludes halogenated alkanes) is 1. The first-order valence-corrected chi connectivity index (χ1v) is 5.66. The fraction of sp³-hybridized carbons (Fsp3) is 0.538. The molecule has 0 aliphatic rings. The van der Waals surface area contributed by atoms with Crippen molar-refractivity contribution < 1.29 is 4.39 Å². The van der Waals surface area contributed by atoms with E-state index in [9.17, 15) is 4.39 Å². The third-order valence-electron chi connectivity index (χ3n) is 2.33. The van der Waals surface area contributed by atoms with Gasteiger partial charge < -0.3 is 5.32 Å². The van der Waals surface area contributed by atoms with E-state index in [1.54, 1.807) is 12.1 Å². The van der Waals surface area contributed by atoms with Gasteiger partial charge in [0.2, 0.25) is 0 Å². The van der Waals surface area contributed by atoms with Crippen LogP contribution in [0.4, 0.5) is 4.39 Å². The van der Waals surface area contributed by atoms with E-state index in [4.69, 9.17) is 0 Å². The molecule has 0 bridgehead atoms. The summed E-state index contributed by atoms with van der Waals surface area (Å²) < 4.78 is 12.8. The second-order valence-electron chi connectivity index (χ2n) is 4.20. The van der Waals surface area contributed by atoms with Crippen LogP contribution >= 0.6 is 0 Å². The van der Waals surface area contributed by atoms with Crippen molar-refractivity contribution in [3.63, 3.8) is 0 Å². The number of hydrogen-bond donors (Lipinski definition) is 1. The largest absolute Gasteiger partial charge is 0.315 e. The van der Waals surface area contributed by atoms with Crippen molar-refractivity contribution in [3.8, 4) is 0 Å². The molecule has 0 spiro atoms. The monoisotopic (exact) mass is 209 g/mol. The Morgan fingerprint density at radius 1 is 1.27 bits per heavy atom. The third kappa shape index (κ3) is 5.53. The molecule has 2 heteroatoms. The topological polar surface area (TPSA) is 12.0 Å². The second-order valence-corrected chi connectivity index (χ2v) is 4.20. The molecule has 0 aliphatic heterocycles. The van der Waals surface area contributed by atoms with Crippen LogP contribution in [0.1, 0.15) is 32.3 Å². The molecule has 0 heterocycles. The maximum absolute atomic E-state index is 12.8. The van der Waals surface area contributed by atoms with E-state index in [2.05, 4.69) is 19.2 Å². The van der Waals surface area contributed by atoms with E-state index in [-0.39, 0.29) is 5.82 Å². The lowest BCUT2D eigenvalue weighted by atomic mass is 10.1. The highest BCUT2D eigenvalue weighted by molar-refractivity contribution is 5.16. The quantitative estimate of drug-likeness (QED) is 0.710. The summed E-state index contributed by atoms with van der Waals surface area (Å²) in [7, 11) is 0. The average Bonchev–Trinajstić information content (AvgIpc) is 2.17. The van der Waals surface area contributed by atoms with Gasteiger partial charge in [-0.05, 0) is 43.5 Å². The normalized spacial score (nSPS) is 10.9. The molecule has 0 unspecified atom stereocenters. The fourth-order valence-corrected chi connectivity index (χ4v) is 1.54. The lowest BCUT2D eigenvalue weighted by Crippen LogP contribution is -2.23. The molecule has 15 heavy (non-hydrogen) atoms. The molecule has 0 aromatic heterocycles. The highest BCUT2D eigenvalue weighted by atomic mass is 19.1. The number of rotatable bonds is 6. The van der Waals surface area contributed by atoms with Crippen LogP contribution in [0, 0.1) is 5.82 Å². The molecular weight excluding hydrogens is 189 g/mol. The standard InChI is InChI=1S/C13H20FN/c1-11(2)15-9-4-3-6-12-7-5-8-13(14)10-12/h5,7-8,10-11,15H,3-4,6,9H2,1-2H3. The van der Waals surface area contributed by atoms with Crippen LogP contribution in [0.2, 0.25) is 0 Å². The summed E-state index contributed by atoms with van der Waals surface area (Å²) in [5.74, 6) is -0.132. The first-order valence-electron chi connectivity index (χ1n) is 5.66. The van der Waals surface area contributed by atoms with E-state index in [0.717, 1.165) is 31.4 Å². The zero-order valence-corrected chi connectivity index (χ0v) is 9.59. The highest BCUT2D eigenvalue weighted by Crippen LogP contribution is 2.07. The van der Waals surface area contributed by atoms with Gasteiger partial charge >= 0.3 is 0 Å². The minimum Gasteiger partial charge on any atom is -0.315 e. The van der Waals surface area contributed by atoms with Crippen LogP contribution in [0.3, 0.4) is 0 Å². The van der Waals surface area contributed by atoms with Gasteiger partial charge in [-0.25, -0.2) is 4.39 Å². The Morgan fingerprint density at radius 3 is 2.73 bits per heavy atom. The lowest BCUT2D eigenvalue weighted by Gasteiger charge is -2.07. The predicted molar refractivity (Wildman–Crippen MR) is 62.5 cm³/mol. The fourth-order valence-electron chi connectivity index (χ4n) is 1.54. The Morgan fingerprint density at radius 2 is 2.07 bits per heavy atom. The number of halogens is 1. The van der Waals surface area contributed by atoms with E-state index in [1.807, 2.05) is 6.07 Å². The van der Waals surface area contributed by atoms with Crippen molar-refractivity contribution in [1.29, 1.82) is 0 Å². The molecule has 0 saturated heterocycles. The van der Waals surface area contributed by atoms with Gasteiger partial charge in [0.1, 0.15) is 5.82 Å². The Kier molecular flexibility index (Phi) is 5.33. The Bertz CT molecular complexity index is 284. The predicted octanol–water partition coefficient (Wildman–Crippen LogP) is 3.15. The first kappa shape index (κ1) is 12.2. The average molecular weight is 209 g/mol. The summed E-state index contributed by atoms with van der Waals surface area (Å²) in [6.45, 7) is 5.34. The van der Waals surface area contributed by atoms with Crippen molar-refractivity contribution in [2.75, 3.05) is 6.54 Å². The van der Waals surface area contributed by atoms with Gasteiger partial charge in [-0.2, -0.15) is 0 Å². The number of hydrogen-bond acceptors (Lipinski definition) is 1. The van der Waals surface area contributed by atoms with Crippen LogP contribution in [0.15, 0.2) is 24.3 Å². The van der Waals surface area contributed by atoms with Gasteiger partial charge in [0, 0.05) is 6.04 Å². The smallest absolute Gasteiger partial charge is 0.123 e. The first-order chi connectivity index (χ1) is 7.18. The third-order valence-corrected chi connectivity index (χ3v) is 2.33. The van der Waals surface area contributed by atoms with E-state index < -0.39 is 0 Å². The Balaban J connectivity index is 2.15. The number of benzene rings is 1. The zero-order valence-electron chi connectivity index (χ0n) is 9.59. The molecule has 0 atom stereocenters. The molecule has 0 fully saturated rings. The summed E-state index contributed by atoms with van der Waals surface area (Å²) in [6.07, 6.45) is 3.23. The number of nitrogens with one attached hydrogen (secondary N) is 1. The van der Waals surface area contributed by atoms with Crippen LogP contribution in [-0.2, 0) is 6.42 Å². The zero-order chi connectivity index (χ0) is 11.1. The van der Waals surface area contributed by atoms with Crippen LogP contribution in [-0.4, -0.2) is 12.6 Å². The van der Waals surface area contributed by atoms with E-state index in [1.165, 1.54) is 6.07 Å². The Hall–Kier alpha value is -0.890. The van der Waals surface area contributed by atoms with Gasteiger partial charge in [-0.15, -0.1) is 0 Å². The molecule has 1 nitrogen and oxygen atoms in total. The summed E-state index contributed by atoms with van der Waals surface area (Å²) in [5.41, 5.74) is 1.10. The van der Waals surface area contributed by atoms with Crippen LogP contribution in [0.5, 0.6) is 0 Å². The summed E-state index contributed by atoms with van der Waals surface area (Å²) >= 11 is 0. The molecule has 0 radical (unpaired) electrons. The SMILES string of the molecule is CC(C)NCCCCc1cccc(F)c1. The van der Waals surface area contributed by atoms with Crippen molar-refractivity contribution >= 4 is 0 Å². The van der Waals surface area contributed by atoms with Crippen molar-refractivity contribution in [3.05, 3.63) is 35.6 Å². The summed E-state index contributed by atoms with van der Waals surface area (Å²) in [4.78, 5) is 0. The van der Waals surface area contributed by atoms with Crippen molar-refractivity contribution in [2.24, 2.45) is 0 Å². The summed E-state index contributed by atoms with van der Waals surface area (Å²) in [6, 6.07) is 7.43. The van der Waals surface area contributed by atoms with Crippen LogP contribution < -0.4 is 5.32 Å². The summed E-state index contributed by atoms with van der Waals surface area (Å²) in [5, 5.41) is 3.37. The van der Waals surface area contributed by atoms with Crippen molar-refractivity contribution in [2.45, 2.75) is 39.2 Å². The molecule has 1 rings (SSSR count). The molecule has 0 amide bonds. The minimum atomic E-state index is -0.132. The minimum absolute atomic E-state index is 0.132. The van der Waals surface area contributed by atoms with Crippen LogP contribution in [0.25, 0.3) is 0 Å². The Labute approximate surface area is 91.7 Å².